The standard InChI is InChI=1S/C13H17N3O5/c1-8(2)15-12(18)5-6-14-13(19)10-7-9(17)3-4-11(10)16(20)21/h3-4,7-8,17H,5-6H2,1-2H3,(H,14,19)(H,15,18). The van der Waals surface area contributed by atoms with E-state index in [1.807, 2.05) is 13.8 Å². The molecule has 0 aromatic heterocycles. The lowest BCUT2D eigenvalue weighted by molar-refractivity contribution is -0.385. The molecule has 1 aromatic rings. The van der Waals surface area contributed by atoms with E-state index in [9.17, 15) is 24.8 Å². The van der Waals surface area contributed by atoms with Gasteiger partial charge in [0.2, 0.25) is 5.91 Å². The zero-order valence-electron chi connectivity index (χ0n) is 11.8. The summed E-state index contributed by atoms with van der Waals surface area (Å²) in [5.41, 5.74) is -0.652. The fourth-order valence-electron chi connectivity index (χ4n) is 1.64. The molecule has 0 aliphatic carbocycles. The Balaban J connectivity index is 2.66. The highest BCUT2D eigenvalue weighted by molar-refractivity contribution is 5.98. The first-order valence-corrected chi connectivity index (χ1v) is 6.36. The third-order valence-corrected chi connectivity index (χ3v) is 2.51. The Kier molecular flexibility index (Phi) is 5.65. The van der Waals surface area contributed by atoms with E-state index >= 15 is 0 Å². The molecule has 2 amide bonds. The molecule has 0 spiro atoms. The molecular formula is C13H17N3O5. The van der Waals surface area contributed by atoms with Crippen molar-refractivity contribution in [1.82, 2.24) is 10.6 Å². The van der Waals surface area contributed by atoms with Crippen LogP contribution in [0.5, 0.6) is 5.75 Å². The number of aromatic hydroxyl groups is 1. The lowest BCUT2D eigenvalue weighted by Crippen LogP contribution is -2.34. The number of nitrogens with zero attached hydrogens (tertiary/aromatic N) is 1. The quantitative estimate of drug-likeness (QED) is 0.532. The van der Waals surface area contributed by atoms with Gasteiger partial charge in [-0.15, -0.1) is 0 Å². The number of amides is 2. The minimum Gasteiger partial charge on any atom is -0.508 e. The van der Waals surface area contributed by atoms with Crippen LogP contribution in [0.3, 0.4) is 0 Å². The van der Waals surface area contributed by atoms with Crippen LogP contribution in [0.2, 0.25) is 0 Å². The van der Waals surface area contributed by atoms with Crippen molar-refractivity contribution in [3.63, 3.8) is 0 Å². The van der Waals surface area contributed by atoms with Gasteiger partial charge in [0.25, 0.3) is 11.6 Å². The Morgan fingerprint density at radius 3 is 2.62 bits per heavy atom. The molecule has 21 heavy (non-hydrogen) atoms. The van der Waals surface area contributed by atoms with E-state index in [1.54, 1.807) is 0 Å². The summed E-state index contributed by atoms with van der Waals surface area (Å²) in [4.78, 5) is 33.4. The van der Waals surface area contributed by atoms with Gasteiger partial charge in [-0.2, -0.15) is 0 Å². The predicted octanol–water partition coefficient (Wildman–Crippen LogP) is 0.945. The first-order valence-electron chi connectivity index (χ1n) is 6.36. The Morgan fingerprint density at radius 2 is 2.05 bits per heavy atom. The minimum absolute atomic E-state index is 0.000333. The number of nitro benzene ring substituents is 1. The van der Waals surface area contributed by atoms with Crippen LogP contribution in [0.4, 0.5) is 5.69 Å². The Bertz CT molecular complexity index is 557. The molecule has 0 bridgehead atoms. The van der Waals surface area contributed by atoms with E-state index in [0.29, 0.717) is 0 Å². The van der Waals surface area contributed by atoms with E-state index in [0.717, 1.165) is 18.2 Å². The number of rotatable bonds is 6. The maximum Gasteiger partial charge on any atom is 0.282 e. The third-order valence-electron chi connectivity index (χ3n) is 2.51. The summed E-state index contributed by atoms with van der Waals surface area (Å²) >= 11 is 0. The van der Waals surface area contributed by atoms with Gasteiger partial charge in [-0.3, -0.25) is 19.7 Å². The maximum atomic E-state index is 11.9. The van der Waals surface area contributed by atoms with E-state index in [1.165, 1.54) is 0 Å². The van der Waals surface area contributed by atoms with Gasteiger partial charge < -0.3 is 15.7 Å². The molecule has 0 aliphatic heterocycles. The molecule has 0 radical (unpaired) electrons. The molecule has 0 saturated carbocycles. The topological polar surface area (TPSA) is 122 Å². The molecule has 0 atom stereocenters. The van der Waals surface area contributed by atoms with Gasteiger partial charge in [-0.1, -0.05) is 0 Å². The van der Waals surface area contributed by atoms with Crippen LogP contribution in [-0.2, 0) is 4.79 Å². The molecule has 0 aliphatic rings. The molecule has 8 heteroatoms. The van der Waals surface area contributed by atoms with Gasteiger partial charge in [-0.05, 0) is 26.0 Å². The van der Waals surface area contributed by atoms with Crippen molar-refractivity contribution >= 4 is 17.5 Å². The molecule has 8 nitrogen and oxygen atoms in total. The summed E-state index contributed by atoms with van der Waals surface area (Å²) in [7, 11) is 0. The second-order valence-electron chi connectivity index (χ2n) is 4.69. The Morgan fingerprint density at radius 1 is 1.38 bits per heavy atom. The second kappa shape index (κ2) is 7.22. The molecule has 0 saturated heterocycles. The summed E-state index contributed by atoms with van der Waals surface area (Å²) in [6.45, 7) is 3.67. The largest absolute Gasteiger partial charge is 0.508 e. The number of hydrogen-bond donors (Lipinski definition) is 3. The maximum absolute atomic E-state index is 11.9. The molecule has 0 fully saturated rings. The summed E-state index contributed by atoms with van der Waals surface area (Å²) < 4.78 is 0. The van der Waals surface area contributed by atoms with E-state index in [4.69, 9.17) is 0 Å². The smallest absolute Gasteiger partial charge is 0.282 e. The molecule has 1 rings (SSSR count). The van der Waals surface area contributed by atoms with Gasteiger partial charge >= 0.3 is 0 Å². The molecule has 114 valence electrons. The lowest BCUT2D eigenvalue weighted by Gasteiger charge is -2.09. The number of phenols is 1. The number of carbonyl (C=O) groups excluding carboxylic acids is 2. The second-order valence-corrected chi connectivity index (χ2v) is 4.69. The molecule has 0 heterocycles. The van der Waals surface area contributed by atoms with Crippen LogP contribution in [0.25, 0.3) is 0 Å². The first kappa shape index (κ1) is 16.4. The van der Waals surface area contributed by atoms with Gasteiger partial charge in [0, 0.05) is 25.1 Å². The number of phenolic OH excluding ortho intramolecular Hbond substituents is 1. The zero-order valence-corrected chi connectivity index (χ0v) is 11.8. The number of nitrogens with one attached hydrogen (secondary N) is 2. The van der Waals surface area contributed by atoms with Crippen LogP contribution in [-0.4, -0.2) is 34.4 Å². The van der Waals surface area contributed by atoms with Crippen LogP contribution >= 0.6 is 0 Å². The average Bonchev–Trinajstić information content (AvgIpc) is 2.37. The summed E-state index contributed by atoms with van der Waals surface area (Å²) in [5.74, 6) is -1.19. The monoisotopic (exact) mass is 295 g/mol. The molecule has 0 unspecified atom stereocenters. The van der Waals surface area contributed by atoms with Gasteiger partial charge in [-0.25, -0.2) is 0 Å². The average molecular weight is 295 g/mol. The highest BCUT2D eigenvalue weighted by Crippen LogP contribution is 2.22. The first-order chi connectivity index (χ1) is 9.81. The Hall–Kier alpha value is -2.64. The zero-order chi connectivity index (χ0) is 16.0. The summed E-state index contributed by atoms with van der Waals surface area (Å²) in [5, 5.41) is 25.2. The Labute approximate surface area is 121 Å². The van der Waals surface area contributed by atoms with Crippen molar-refractivity contribution in [2.45, 2.75) is 26.3 Å². The van der Waals surface area contributed by atoms with Crippen molar-refractivity contribution in [3.05, 3.63) is 33.9 Å². The number of benzene rings is 1. The third kappa shape index (κ3) is 5.09. The van der Waals surface area contributed by atoms with E-state index in [-0.39, 0.29) is 36.2 Å². The van der Waals surface area contributed by atoms with Crippen LogP contribution in [0.15, 0.2) is 18.2 Å². The van der Waals surface area contributed by atoms with Crippen molar-refractivity contribution in [1.29, 1.82) is 0 Å². The highest BCUT2D eigenvalue weighted by atomic mass is 16.6. The van der Waals surface area contributed by atoms with Crippen molar-refractivity contribution in [3.8, 4) is 5.75 Å². The van der Waals surface area contributed by atoms with Gasteiger partial charge in [0.05, 0.1) is 4.92 Å². The van der Waals surface area contributed by atoms with Gasteiger partial charge in [0.15, 0.2) is 0 Å². The van der Waals surface area contributed by atoms with Crippen molar-refractivity contribution in [2.24, 2.45) is 0 Å². The fourth-order valence-corrected chi connectivity index (χ4v) is 1.64. The van der Waals surface area contributed by atoms with Crippen LogP contribution in [0.1, 0.15) is 30.6 Å². The molecule has 3 N–H and O–H groups in total. The van der Waals surface area contributed by atoms with Crippen molar-refractivity contribution < 1.29 is 19.6 Å². The van der Waals surface area contributed by atoms with E-state index < -0.39 is 16.5 Å². The minimum atomic E-state index is -0.713. The van der Waals surface area contributed by atoms with Gasteiger partial charge in [0.1, 0.15) is 11.3 Å². The summed E-state index contributed by atoms with van der Waals surface area (Å²) in [6.07, 6.45) is 0.0660. The molecule has 1 aromatic carbocycles. The normalized spacial score (nSPS) is 10.2. The van der Waals surface area contributed by atoms with Crippen LogP contribution in [0, 0.1) is 10.1 Å². The van der Waals surface area contributed by atoms with Crippen LogP contribution < -0.4 is 10.6 Å². The SMILES string of the molecule is CC(C)NC(=O)CCNC(=O)c1cc(O)ccc1[N+](=O)[O-]. The number of carbonyl (C=O) groups is 2. The number of nitro groups is 1. The lowest BCUT2D eigenvalue weighted by atomic mass is 10.1. The summed E-state index contributed by atoms with van der Waals surface area (Å²) in [6, 6.07) is 3.20. The molecular weight excluding hydrogens is 278 g/mol. The number of hydrogen-bond acceptors (Lipinski definition) is 5. The predicted molar refractivity (Wildman–Crippen MR) is 75.0 cm³/mol. The highest BCUT2D eigenvalue weighted by Gasteiger charge is 2.20. The van der Waals surface area contributed by atoms with Crippen molar-refractivity contribution in [2.75, 3.05) is 6.54 Å². The van der Waals surface area contributed by atoms with E-state index in [2.05, 4.69) is 10.6 Å². The fraction of sp³-hybridized carbons (Fsp3) is 0.385.